The van der Waals surface area contributed by atoms with E-state index in [4.69, 9.17) is 0 Å². The third-order valence-corrected chi connectivity index (χ3v) is 3.34. The minimum absolute atomic E-state index is 0.0348. The molecule has 0 radical (unpaired) electrons. The summed E-state index contributed by atoms with van der Waals surface area (Å²) in [5, 5.41) is 7.59. The maximum absolute atomic E-state index is 14.8. The molecular weight excluding hydrogens is 331 g/mol. The molecule has 1 unspecified atom stereocenters. The van der Waals surface area contributed by atoms with Crippen LogP contribution in [0.2, 0.25) is 0 Å². The van der Waals surface area contributed by atoms with Crippen molar-refractivity contribution in [2.24, 2.45) is 0 Å². The molecule has 0 fully saturated rings. The van der Waals surface area contributed by atoms with Gasteiger partial charge in [-0.25, -0.2) is 8.78 Å². The lowest BCUT2D eigenvalue weighted by atomic mass is 10.0. The first-order valence-corrected chi connectivity index (χ1v) is 6.69. The highest BCUT2D eigenvalue weighted by Gasteiger charge is 2.31. The number of pyridine rings is 1. The molecule has 0 saturated carbocycles. The van der Waals surface area contributed by atoms with Gasteiger partial charge in [0.15, 0.2) is 6.17 Å². The van der Waals surface area contributed by atoms with Crippen LogP contribution in [0.3, 0.4) is 0 Å². The molecule has 0 saturated heterocycles. The van der Waals surface area contributed by atoms with Gasteiger partial charge < -0.3 is 0 Å². The Balaban J connectivity index is 2.03. The number of benzene rings is 1. The number of nitrogens with zero attached hydrogens (tertiary/aromatic N) is 4. The predicted octanol–water partition coefficient (Wildman–Crippen LogP) is 3.88. The van der Waals surface area contributed by atoms with Gasteiger partial charge in [-0.05, 0) is 17.7 Å². The molecule has 0 aliphatic heterocycles. The Bertz CT molecular complexity index is 828. The lowest BCUT2D eigenvalue weighted by Gasteiger charge is -2.15. The summed E-state index contributed by atoms with van der Waals surface area (Å²) < 4.78 is 66.6. The molecule has 0 spiro atoms. The van der Waals surface area contributed by atoms with Crippen LogP contribution in [0.15, 0.2) is 49.1 Å². The van der Waals surface area contributed by atoms with Gasteiger partial charge in [-0.15, -0.1) is 4.80 Å². The monoisotopic (exact) mass is 340 g/mol. The second-order valence-electron chi connectivity index (χ2n) is 4.85. The summed E-state index contributed by atoms with van der Waals surface area (Å²) in [4.78, 5) is 4.62. The van der Waals surface area contributed by atoms with Crippen LogP contribution < -0.4 is 0 Å². The molecule has 0 amide bonds. The first kappa shape index (κ1) is 16.0. The fraction of sp³-hybridized carbons (Fsp3) is 0.133. The molecule has 124 valence electrons. The van der Waals surface area contributed by atoms with E-state index in [0.29, 0.717) is 0 Å². The molecule has 3 aromatic rings. The molecule has 24 heavy (non-hydrogen) atoms. The fourth-order valence-electron chi connectivity index (χ4n) is 2.19. The highest BCUT2D eigenvalue weighted by atomic mass is 19.4. The van der Waals surface area contributed by atoms with Crippen molar-refractivity contribution in [3.63, 3.8) is 0 Å². The van der Waals surface area contributed by atoms with Crippen LogP contribution >= 0.6 is 0 Å². The van der Waals surface area contributed by atoms with Gasteiger partial charge in [-0.1, -0.05) is 12.1 Å². The highest BCUT2D eigenvalue weighted by Crippen LogP contribution is 2.34. The molecule has 2 heterocycles. The summed E-state index contributed by atoms with van der Waals surface area (Å²) in [6.45, 7) is 0. The first-order chi connectivity index (χ1) is 11.4. The molecule has 1 atom stereocenters. The van der Waals surface area contributed by atoms with E-state index in [1.54, 1.807) is 0 Å². The average molecular weight is 340 g/mol. The van der Waals surface area contributed by atoms with Gasteiger partial charge in [-0.3, -0.25) is 4.98 Å². The van der Waals surface area contributed by atoms with Crippen LogP contribution in [0, 0.1) is 5.82 Å². The van der Waals surface area contributed by atoms with Crippen LogP contribution in [0.4, 0.5) is 22.0 Å². The second kappa shape index (κ2) is 5.99. The number of rotatable bonds is 3. The molecule has 2 aromatic heterocycles. The van der Waals surface area contributed by atoms with Crippen molar-refractivity contribution in [3.8, 4) is 5.69 Å². The van der Waals surface area contributed by atoms with E-state index in [1.165, 1.54) is 18.6 Å². The van der Waals surface area contributed by atoms with Crippen LogP contribution in [-0.2, 0) is 6.18 Å². The third-order valence-electron chi connectivity index (χ3n) is 3.34. The normalized spacial score (nSPS) is 13.0. The standard InChI is InChI=1S/C15H9F5N4/c16-11-7-21-8-12(24-22-5-6-23-24)13(11)14(17)9-1-3-10(4-2-9)15(18,19)20/h1-8,14H. The number of hydrogen-bond donors (Lipinski definition) is 0. The van der Waals surface area contributed by atoms with Crippen molar-refractivity contribution in [3.05, 3.63) is 71.6 Å². The SMILES string of the molecule is Fc1cncc(-n2nccn2)c1C(F)c1ccc(C(F)(F)F)cc1. The average Bonchev–Trinajstić information content (AvgIpc) is 3.07. The summed E-state index contributed by atoms with van der Waals surface area (Å²) >= 11 is 0. The Morgan fingerprint density at radius 3 is 2.17 bits per heavy atom. The lowest BCUT2D eigenvalue weighted by Crippen LogP contribution is -2.10. The van der Waals surface area contributed by atoms with Gasteiger partial charge >= 0.3 is 6.18 Å². The van der Waals surface area contributed by atoms with Gasteiger partial charge in [-0.2, -0.15) is 23.4 Å². The maximum Gasteiger partial charge on any atom is 0.416 e. The number of halogens is 5. The van der Waals surface area contributed by atoms with E-state index in [-0.39, 0.29) is 11.3 Å². The number of hydrogen-bond acceptors (Lipinski definition) is 3. The molecule has 9 heteroatoms. The summed E-state index contributed by atoms with van der Waals surface area (Å²) in [7, 11) is 0. The van der Waals surface area contributed by atoms with Crippen molar-refractivity contribution in [1.82, 2.24) is 20.0 Å². The van der Waals surface area contributed by atoms with Gasteiger partial charge in [0.05, 0.1) is 35.9 Å². The molecule has 0 N–H and O–H groups in total. The van der Waals surface area contributed by atoms with Crippen LogP contribution in [-0.4, -0.2) is 20.0 Å². The van der Waals surface area contributed by atoms with Gasteiger partial charge in [0.25, 0.3) is 0 Å². The molecule has 0 bridgehead atoms. The topological polar surface area (TPSA) is 43.6 Å². The minimum atomic E-state index is -4.53. The zero-order valence-electron chi connectivity index (χ0n) is 11.9. The largest absolute Gasteiger partial charge is 0.416 e. The molecule has 0 aliphatic rings. The van der Waals surface area contributed by atoms with Crippen molar-refractivity contribution < 1.29 is 22.0 Å². The van der Waals surface area contributed by atoms with Gasteiger partial charge in [0.2, 0.25) is 0 Å². The summed E-state index contributed by atoms with van der Waals surface area (Å²) in [5.41, 5.74) is -1.47. The molecule has 4 nitrogen and oxygen atoms in total. The third kappa shape index (κ3) is 2.97. The Morgan fingerprint density at radius 1 is 0.958 bits per heavy atom. The lowest BCUT2D eigenvalue weighted by molar-refractivity contribution is -0.137. The van der Waals surface area contributed by atoms with E-state index in [2.05, 4.69) is 15.2 Å². The van der Waals surface area contributed by atoms with Crippen LogP contribution in [0.5, 0.6) is 0 Å². The Hall–Kier alpha value is -2.84. The predicted molar refractivity (Wildman–Crippen MR) is 73.5 cm³/mol. The summed E-state index contributed by atoms with van der Waals surface area (Å²) in [6.07, 6.45) is -1.90. The Kier molecular flexibility index (Phi) is 4.00. The summed E-state index contributed by atoms with van der Waals surface area (Å²) in [6, 6.07) is 3.42. The van der Waals surface area contributed by atoms with E-state index < -0.39 is 29.3 Å². The van der Waals surface area contributed by atoms with Crippen LogP contribution in [0.25, 0.3) is 5.69 Å². The summed E-state index contributed by atoms with van der Waals surface area (Å²) in [5.74, 6) is -0.947. The van der Waals surface area contributed by atoms with Crippen molar-refractivity contribution in [2.45, 2.75) is 12.3 Å². The maximum atomic E-state index is 14.8. The van der Waals surface area contributed by atoms with Gasteiger partial charge in [0.1, 0.15) is 11.5 Å². The molecule has 0 aliphatic carbocycles. The van der Waals surface area contributed by atoms with E-state index in [0.717, 1.165) is 35.3 Å². The van der Waals surface area contributed by atoms with E-state index >= 15 is 0 Å². The van der Waals surface area contributed by atoms with E-state index in [1.807, 2.05) is 0 Å². The van der Waals surface area contributed by atoms with Crippen molar-refractivity contribution in [2.75, 3.05) is 0 Å². The smallest absolute Gasteiger partial charge is 0.259 e. The Labute approximate surface area is 132 Å². The van der Waals surface area contributed by atoms with Gasteiger partial charge in [0, 0.05) is 0 Å². The number of alkyl halides is 4. The van der Waals surface area contributed by atoms with Crippen LogP contribution in [0.1, 0.15) is 22.9 Å². The molecular formula is C15H9F5N4. The zero-order chi connectivity index (χ0) is 17.3. The minimum Gasteiger partial charge on any atom is -0.259 e. The quantitative estimate of drug-likeness (QED) is 0.680. The molecule has 1 aromatic carbocycles. The van der Waals surface area contributed by atoms with E-state index in [9.17, 15) is 22.0 Å². The van der Waals surface area contributed by atoms with Crippen molar-refractivity contribution >= 4 is 0 Å². The molecule has 3 rings (SSSR count). The highest BCUT2D eigenvalue weighted by molar-refractivity contribution is 5.44. The Morgan fingerprint density at radius 2 is 1.58 bits per heavy atom. The number of aromatic nitrogens is 4. The fourth-order valence-corrected chi connectivity index (χ4v) is 2.19. The first-order valence-electron chi connectivity index (χ1n) is 6.69. The second-order valence-corrected chi connectivity index (χ2v) is 4.85. The van der Waals surface area contributed by atoms with Crippen molar-refractivity contribution in [1.29, 1.82) is 0 Å². The zero-order valence-corrected chi connectivity index (χ0v) is 11.9.